The van der Waals surface area contributed by atoms with Gasteiger partial charge in [0.25, 0.3) is 0 Å². The Morgan fingerprint density at radius 2 is 2.17 bits per heavy atom. The molecular formula is C10H16N2O5S. The molecule has 0 aromatic rings. The number of aliphatic hydroxyl groups excluding tert-OH is 3. The van der Waals surface area contributed by atoms with E-state index in [1.165, 1.54) is 23.9 Å². The summed E-state index contributed by atoms with van der Waals surface area (Å²) in [7, 11) is 3.22. The topological polar surface area (TPSA) is 94.8 Å². The van der Waals surface area contributed by atoms with E-state index in [0.29, 0.717) is 11.6 Å². The van der Waals surface area contributed by atoms with E-state index in [-0.39, 0.29) is 0 Å². The van der Waals surface area contributed by atoms with Crippen molar-refractivity contribution >= 4 is 16.9 Å². The van der Waals surface area contributed by atoms with Crippen molar-refractivity contribution in [3.8, 4) is 0 Å². The van der Waals surface area contributed by atoms with Crippen molar-refractivity contribution < 1.29 is 24.9 Å². The molecule has 0 radical (unpaired) electrons. The van der Waals surface area contributed by atoms with E-state index in [1.54, 1.807) is 7.05 Å². The summed E-state index contributed by atoms with van der Waals surface area (Å²) in [5.74, 6) is 0. The molecule has 3 aliphatic rings. The minimum Gasteiger partial charge on any atom is -0.390 e. The number of ether oxygens (including phenoxy) is 1. The first kappa shape index (κ1) is 12.6. The van der Waals surface area contributed by atoms with Crippen molar-refractivity contribution in [2.45, 2.75) is 41.8 Å². The first-order valence-electron chi connectivity index (χ1n) is 5.74. The van der Waals surface area contributed by atoms with E-state index in [4.69, 9.17) is 9.57 Å². The summed E-state index contributed by atoms with van der Waals surface area (Å²) < 4.78 is 5.73. The molecule has 0 aromatic heterocycles. The quantitative estimate of drug-likeness (QED) is 0.503. The predicted molar refractivity (Wildman–Crippen MR) is 63.8 cm³/mol. The molecule has 0 aromatic carbocycles. The summed E-state index contributed by atoms with van der Waals surface area (Å²) in [5, 5.41) is 31.8. The average Bonchev–Trinajstić information content (AvgIpc) is 2.81. The third-order valence-corrected chi connectivity index (χ3v) is 4.91. The smallest absolute Gasteiger partial charge is 0.186 e. The fourth-order valence-electron chi connectivity index (χ4n) is 2.41. The standard InChI is InChI=1S/C10H16N2O5S/c1-12(16-2)9-11-5-6(14)7(15)10(3-4(10)13)17-8(5)18-9/h4-8,13-15H,3H2,1-2H3/t4?,5-,6+,7-,8-,10?/m1/s1. The van der Waals surface area contributed by atoms with Crippen molar-refractivity contribution in [1.29, 1.82) is 0 Å². The van der Waals surface area contributed by atoms with Crippen molar-refractivity contribution in [3.05, 3.63) is 0 Å². The second kappa shape index (κ2) is 4.06. The Balaban J connectivity index is 1.80. The van der Waals surface area contributed by atoms with E-state index < -0.39 is 35.4 Å². The van der Waals surface area contributed by atoms with E-state index >= 15 is 0 Å². The van der Waals surface area contributed by atoms with Crippen LogP contribution in [0, 0.1) is 0 Å². The Kier molecular flexibility index (Phi) is 2.85. The molecule has 1 saturated carbocycles. The van der Waals surface area contributed by atoms with Gasteiger partial charge in [0, 0.05) is 13.5 Å². The fourth-order valence-corrected chi connectivity index (χ4v) is 3.61. The second-order valence-electron chi connectivity index (χ2n) is 4.80. The Labute approximate surface area is 108 Å². The van der Waals surface area contributed by atoms with Crippen LogP contribution in [0.2, 0.25) is 0 Å². The summed E-state index contributed by atoms with van der Waals surface area (Å²) in [4.78, 5) is 9.32. The number of thioether (sulfide) groups is 1. The highest BCUT2D eigenvalue weighted by molar-refractivity contribution is 8.14. The average molecular weight is 276 g/mol. The monoisotopic (exact) mass is 276 g/mol. The predicted octanol–water partition coefficient (Wildman–Crippen LogP) is -1.47. The number of aliphatic hydroxyl groups is 3. The zero-order valence-corrected chi connectivity index (χ0v) is 10.9. The molecule has 2 aliphatic heterocycles. The molecule has 0 bridgehead atoms. The van der Waals surface area contributed by atoms with Gasteiger partial charge < -0.3 is 20.1 Å². The van der Waals surface area contributed by atoms with E-state index in [0.717, 1.165) is 0 Å². The molecule has 0 amide bonds. The number of aliphatic imine (C=N–C) groups is 1. The minimum atomic E-state index is -1.11. The highest BCUT2D eigenvalue weighted by atomic mass is 32.2. The van der Waals surface area contributed by atoms with Crippen LogP contribution in [0.3, 0.4) is 0 Å². The molecule has 7 nitrogen and oxygen atoms in total. The Morgan fingerprint density at radius 1 is 1.50 bits per heavy atom. The van der Waals surface area contributed by atoms with Crippen LogP contribution in [0.25, 0.3) is 0 Å². The number of rotatable bonds is 1. The summed E-state index contributed by atoms with van der Waals surface area (Å²) in [5.41, 5.74) is -1.40. The Hall–Kier alpha value is -0.380. The van der Waals surface area contributed by atoms with Gasteiger partial charge in [0.15, 0.2) is 5.17 Å². The van der Waals surface area contributed by atoms with Gasteiger partial charge in [0.2, 0.25) is 0 Å². The summed E-state index contributed by atoms with van der Waals surface area (Å²) in [6.45, 7) is 0. The number of hydrogen-bond acceptors (Lipinski definition) is 8. The lowest BCUT2D eigenvalue weighted by Crippen LogP contribution is -2.57. The summed E-state index contributed by atoms with van der Waals surface area (Å²) >= 11 is 1.32. The van der Waals surface area contributed by atoms with E-state index in [1.807, 2.05) is 0 Å². The third-order valence-electron chi connectivity index (χ3n) is 3.73. The molecule has 3 rings (SSSR count). The summed E-state index contributed by atoms with van der Waals surface area (Å²) in [6, 6.07) is -0.531. The maximum atomic E-state index is 10.1. The van der Waals surface area contributed by atoms with Crippen LogP contribution in [-0.4, -0.2) is 75.1 Å². The van der Waals surface area contributed by atoms with Gasteiger partial charge in [-0.1, -0.05) is 11.8 Å². The first-order valence-corrected chi connectivity index (χ1v) is 6.62. The van der Waals surface area contributed by atoms with Crippen molar-refractivity contribution in [2.24, 2.45) is 4.99 Å². The molecule has 2 fully saturated rings. The lowest BCUT2D eigenvalue weighted by Gasteiger charge is -2.38. The highest BCUT2D eigenvalue weighted by Crippen LogP contribution is 2.52. The molecule has 8 heteroatoms. The highest BCUT2D eigenvalue weighted by Gasteiger charge is 2.68. The van der Waals surface area contributed by atoms with Crippen molar-refractivity contribution in [2.75, 3.05) is 14.2 Å². The maximum absolute atomic E-state index is 10.1. The molecule has 2 unspecified atom stereocenters. The van der Waals surface area contributed by atoms with Gasteiger partial charge in [-0.2, -0.15) is 0 Å². The Morgan fingerprint density at radius 3 is 2.72 bits per heavy atom. The number of amidine groups is 1. The van der Waals surface area contributed by atoms with Gasteiger partial charge in [-0.25, -0.2) is 5.06 Å². The molecule has 1 saturated heterocycles. The summed E-state index contributed by atoms with van der Waals surface area (Å²) in [6.07, 6.45) is -2.50. The minimum absolute atomic E-state index is 0.352. The maximum Gasteiger partial charge on any atom is 0.186 e. The number of hydrogen-bond donors (Lipinski definition) is 3. The normalized spacial score (nSPS) is 50.1. The molecule has 102 valence electrons. The molecule has 6 atom stereocenters. The number of hydroxylamine groups is 2. The van der Waals surface area contributed by atoms with Crippen LogP contribution >= 0.6 is 11.8 Å². The van der Waals surface area contributed by atoms with E-state index in [2.05, 4.69) is 4.99 Å². The fraction of sp³-hybridized carbons (Fsp3) is 0.900. The van der Waals surface area contributed by atoms with Gasteiger partial charge in [0.05, 0.1) is 13.2 Å². The molecule has 18 heavy (non-hydrogen) atoms. The molecule has 1 aliphatic carbocycles. The SMILES string of the molecule is CON(C)C1=N[C@@H]2[C@H](O)[C@@H](O)C3(CC3O)O[C@@H]2S1. The molecular weight excluding hydrogens is 260 g/mol. The lowest BCUT2D eigenvalue weighted by atomic mass is 9.96. The van der Waals surface area contributed by atoms with Crippen molar-refractivity contribution in [3.63, 3.8) is 0 Å². The molecule has 3 N–H and O–H groups in total. The van der Waals surface area contributed by atoms with Gasteiger partial charge in [-0.15, -0.1) is 0 Å². The van der Waals surface area contributed by atoms with Gasteiger partial charge in [-0.3, -0.25) is 9.83 Å². The van der Waals surface area contributed by atoms with E-state index in [9.17, 15) is 15.3 Å². The number of nitrogens with zero attached hydrogens (tertiary/aromatic N) is 2. The van der Waals surface area contributed by atoms with Gasteiger partial charge >= 0.3 is 0 Å². The van der Waals surface area contributed by atoms with Gasteiger partial charge in [-0.05, 0) is 0 Å². The van der Waals surface area contributed by atoms with Crippen LogP contribution in [0.1, 0.15) is 6.42 Å². The van der Waals surface area contributed by atoms with Crippen LogP contribution in [0.4, 0.5) is 0 Å². The van der Waals surface area contributed by atoms with Crippen LogP contribution in [-0.2, 0) is 9.57 Å². The largest absolute Gasteiger partial charge is 0.390 e. The first-order chi connectivity index (χ1) is 8.49. The van der Waals surface area contributed by atoms with Gasteiger partial charge in [0.1, 0.15) is 29.3 Å². The Bertz CT molecular complexity index is 394. The molecule has 2 heterocycles. The number of fused-ring (bicyclic) bond motifs is 1. The van der Waals surface area contributed by atoms with Crippen molar-refractivity contribution in [1.82, 2.24) is 5.06 Å². The second-order valence-corrected chi connectivity index (χ2v) is 5.86. The lowest BCUT2D eigenvalue weighted by molar-refractivity contribution is -0.178. The zero-order chi connectivity index (χ0) is 13.1. The zero-order valence-electron chi connectivity index (χ0n) is 10.1. The van der Waals surface area contributed by atoms with Crippen LogP contribution < -0.4 is 0 Å². The van der Waals surface area contributed by atoms with Crippen LogP contribution in [0.5, 0.6) is 0 Å². The van der Waals surface area contributed by atoms with Crippen LogP contribution in [0.15, 0.2) is 4.99 Å². The third kappa shape index (κ3) is 1.60. The molecule has 1 spiro atoms.